The van der Waals surface area contributed by atoms with E-state index in [4.69, 9.17) is 10.5 Å². The molecule has 0 radical (unpaired) electrons. The van der Waals surface area contributed by atoms with Crippen molar-refractivity contribution in [1.82, 2.24) is 5.32 Å². The Kier molecular flexibility index (Phi) is 5.02. The SMILES string of the molecule is CCCC(=O)NC(C)(C)COc1cccc2c1C(N)=NS(=O)(=O)N2. The van der Waals surface area contributed by atoms with E-state index < -0.39 is 15.7 Å². The number of rotatable bonds is 6. The van der Waals surface area contributed by atoms with E-state index in [1.54, 1.807) is 18.2 Å². The first-order chi connectivity index (χ1) is 11.1. The molecular weight excluding hydrogens is 332 g/mol. The highest BCUT2D eigenvalue weighted by molar-refractivity contribution is 7.91. The number of hydrogen-bond donors (Lipinski definition) is 3. The van der Waals surface area contributed by atoms with Crippen LogP contribution in [-0.4, -0.2) is 32.3 Å². The van der Waals surface area contributed by atoms with Crippen molar-refractivity contribution in [2.45, 2.75) is 39.2 Å². The second-order valence-corrected chi connectivity index (χ2v) is 7.54. The van der Waals surface area contributed by atoms with Gasteiger partial charge in [0.25, 0.3) is 0 Å². The highest BCUT2D eigenvalue weighted by Crippen LogP contribution is 2.30. The number of benzene rings is 1. The maximum atomic E-state index is 11.7. The van der Waals surface area contributed by atoms with Gasteiger partial charge in [-0.05, 0) is 32.4 Å². The number of nitrogens with zero attached hydrogens (tertiary/aromatic N) is 1. The Hall–Kier alpha value is -2.29. The summed E-state index contributed by atoms with van der Waals surface area (Å²) >= 11 is 0. The summed E-state index contributed by atoms with van der Waals surface area (Å²) in [6, 6.07) is 4.90. The Morgan fingerprint density at radius 1 is 1.42 bits per heavy atom. The molecule has 0 atom stereocenters. The number of ether oxygens (including phenoxy) is 1. The summed E-state index contributed by atoms with van der Waals surface area (Å²) in [7, 11) is -3.83. The predicted molar refractivity (Wildman–Crippen MR) is 92.3 cm³/mol. The van der Waals surface area contributed by atoms with E-state index in [1.807, 2.05) is 20.8 Å². The van der Waals surface area contributed by atoms with Crippen LogP contribution in [0.25, 0.3) is 0 Å². The second kappa shape index (κ2) is 6.68. The van der Waals surface area contributed by atoms with Crippen LogP contribution in [0.2, 0.25) is 0 Å². The molecule has 8 nitrogen and oxygen atoms in total. The molecule has 9 heteroatoms. The van der Waals surface area contributed by atoms with Crippen molar-refractivity contribution in [1.29, 1.82) is 0 Å². The molecule has 2 rings (SSSR count). The fourth-order valence-corrected chi connectivity index (χ4v) is 3.14. The molecule has 0 saturated carbocycles. The molecule has 0 saturated heterocycles. The zero-order chi connectivity index (χ0) is 18.0. The number of fused-ring (bicyclic) bond motifs is 1. The molecule has 132 valence electrons. The molecule has 1 heterocycles. The van der Waals surface area contributed by atoms with Crippen molar-refractivity contribution in [2.24, 2.45) is 10.1 Å². The average Bonchev–Trinajstić information content (AvgIpc) is 2.43. The van der Waals surface area contributed by atoms with Crippen LogP contribution in [0.15, 0.2) is 22.6 Å². The number of carbonyl (C=O) groups excluding carboxylic acids is 1. The van der Waals surface area contributed by atoms with Gasteiger partial charge in [0.1, 0.15) is 12.4 Å². The lowest BCUT2D eigenvalue weighted by Crippen LogP contribution is -2.47. The topological polar surface area (TPSA) is 123 Å². The maximum absolute atomic E-state index is 11.7. The third kappa shape index (κ3) is 4.38. The highest BCUT2D eigenvalue weighted by Gasteiger charge is 2.26. The molecule has 4 N–H and O–H groups in total. The van der Waals surface area contributed by atoms with Gasteiger partial charge in [-0.2, -0.15) is 8.42 Å². The van der Waals surface area contributed by atoms with Crippen LogP contribution in [0.5, 0.6) is 5.75 Å². The van der Waals surface area contributed by atoms with E-state index in [0.717, 1.165) is 6.42 Å². The molecule has 0 aromatic heterocycles. The Morgan fingerprint density at radius 2 is 2.12 bits per heavy atom. The van der Waals surface area contributed by atoms with Gasteiger partial charge in [0.15, 0.2) is 5.84 Å². The molecule has 0 fully saturated rings. The molecule has 1 aromatic carbocycles. The Bertz CT molecular complexity index is 772. The summed E-state index contributed by atoms with van der Waals surface area (Å²) < 4.78 is 34.7. The normalized spacial score (nSPS) is 15.7. The molecule has 0 bridgehead atoms. The van der Waals surface area contributed by atoms with Crippen LogP contribution >= 0.6 is 0 Å². The van der Waals surface area contributed by atoms with Gasteiger partial charge >= 0.3 is 10.2 Å². The van der Waals surface area contributed by atoms with Crippen molar-refractivity contribution in [3.8, 4) is 5.75 Å². The maximum Gasteiger partial charge on any atom is 0.344 e. The third-order valence-corrected chi connectivity index (χ3v) is 4.20. The van der Waals surface area contributed by atoms with E-state index in [0.29, 0.717) is 23.4 Å². The third-order valence-electron chi connectivity index (χ3n) is 3.28. The molecule has 1 amide bonds. The predicted octanol–water partition coefficient (Wildman–Crippen LogP) is 1.14. The van der Waals surface area contributed by atoms with Crippen molar-refractivity contribution < 1.29 is 17.9 Å². The standard InChI is InChI=1S/C15H22N4O4S/c1-4-6-12(20)17-15(2,3)9-23-11-8-5-7-10-13(11)14(16)19-24(21,22)18-10/h5,7-8,18H,4,6,9H2,1-3H3,(H2,16,19)(H,17,20). The Morgan fingerprint density at radius 3 is 2.79 bits per heavy atom. The zero-order valence-electron chi connectivity index (χ0n) is 13.9. The summed E-state index contributed by atoms with van der Waals surface area (Å²) in [5.74, 6) is 0.219. The van der Waals surface area contributed by atoms with E-state index in [-0.39, 0.29) is 18.3 Å². The molecule has 24 heavy (non-hydrogen) atoms. The number of hydrogen-bond acceptors (Lipinski definition) is 5. The lowest BCUT2D eigenvalue weighted by Gasteiger charge is -2.27. The Balaban J connectivity index is 2.16. The van der Waals surface area contributed by atoms with E-state index in [2.05, 4.69) is 14.4 Å². The zero-order valence-corrected chi connectivity index (χ0v) is 14.7. The van der Waals surface area contributed by atoms with E-state index in [9.17, 15) is 13.2 Å². The number of amidine groups is 1. The van der Waals surface area contributed by atoms with Crippen molar-refractivity contribution in [3.63, 3.8) is 0 Å². The van der Waals surface area contributed by atoms with E-state index >= 15 is 0 Å². The molecule has 0 unspecified atom stereocenters. The fraction of sp³-hybridized carbons (Fsp3) is 0.467. The summed E-state index contributed by atoms with van der Waals surface area (Å²) in [6.07, 6.45) is 1.22. The summed E-state index contributed by atoms with van der Waals surface area (Å²) in [4.78, 5) is 11.7. The van der Waals surface area contributed by atoms with Crippen LogP contribution in [-0.2, 0) is 15.0 Å². The van der Waals surface area contributed by atoms with Crippen molar-refractivity contribution >= 4 is 27.6 Å². The molecule has 1 aliphatic heterocycles. The monoisotopic (exact) mass is 354 g/mol. The number of amides is 1. The van der Waals surface area contributed by atoms with Crippen molar-refractivity contribution in [2.75, 3.05) is 11.3 Å². The number of nitrogens with one attached hydrogen (secondary N) is 2. The summed E-state index contributed by atoms with van der Waals surface area (Å²) in [6.45, 7) is 5.81. The van der Waals surface area contributed by atoms with Crippen LogP contribution in [0.1, 0.15) is 39.2 Å². The fourth-order valence-electron chi connectivity index (χ4n) is 2.30. The van der Waals surface area contributed by atoms with Gasteiger partial charge in [0, 0.05) is 6.42 Å². The minimum absolute atomic E-state index is 0.0463. The number of carbonyl (C=O) groups is 1. The summed E-state index contributed by atoms with van der Waals surface area (Å²) in [5, 5.41) is 2.89. The minimum atomic E-state index is -3.83. The van der Waals surface area contributed by atoms with Gasteiger partial charge in [0.2, 0.25) is 5.91 Å². The number of nitrogens with two attached hydrogens (primary N) is 1. The average molecular weight is 354 g/mol. The molecule has 0 aliphatic carbocycles. The Labute approximate surface area is 141 Å². The lowest BCUT2D eigenvalue weighted by atomic mass is 10.1. The molecule has 0 spiro atoms. The molecular formula is C15H22N4O4S. The van der Waals surface area contributed by atoms with Gasteiger partial charge in [-0.1, -0.05) is 13.0 Å². The van der Waals surface area contributed by atoms with Crippen LogP contribution in [0.3, 0.4) is 0 Å². The largest absolute Gasteiger partial charge is 0.490 e. The smallest absolute Gasteiger partial charge is 0.344 e. The van der Waals surface area contributed by atoms with Gasteiger partial charge in [0.05, 0.1) is 16.8 Å². The molecule has 1 aromatic rings. The van der Waals surface area contributed by atoms with Crippen LogP contribution in [0.4, 0.5) is 5.69 Å². The number of anilines is 1. The van der Waals surface area contributed by atoms with Crippen molar-refractivity contribution in [3.05, 3.63) is 23.8 Å². The first-order valence-corrected chi connectivity index (χ1v) is 9.03. The van der Waals surface area contributed by atoms with Crippen LogP contribution < -0.4 is 20.5 Å². The lowest BCUT2D eigenvalue weighted by molar-refractivity contribution is -0.123. The summed E-state index contributed by atoms with van der Waals surface area (Å²) in [5.41, 5.74) is 5.88. The van der Waals surface area contributed by atoms with Crippen LogP contribution in [0, 0.1) is 0 Å². The molecule has 1 aliphatic rings. The van der Waals surface area contributed by atoms with Gasteiger partial charge in [-0.25, -0.2) is 0 Å². The van der Waals surface area contributed by atoms with Gasteiger partial charge < -0.3 is 15.8 Å². The van der Waals surface area contributed by atoms with E-state index in [1.165, 1.54) is 0 Å². The van der Waals surface area contributed by atoms with Gasteiger partial charge in [-0.15, -0.1) is 4.40 Å². The quantitative estimate of drug-likeness (QED) is 0.707. The first-order valence-electron chi connectivity index (χ1n) is 7.59. The first kappa shape index (κ1) is 18.1. The van der Waals surface area contributed by atoms with Gasteiger partial charge in [-0.3, -0.25) is 9.52 Å². The highest BCUT2D eigenvalue weighted by atomic mass is 32.2. The second-order valence-electron chi connectivity index (χ2n) is 6.20. The minimum Gasteiger partial charge on any atom is -0.490 e.